The SMILES string of the molecule is CC(O)(CNC(=O)c1ccc(Br)cn1)C(=O)O. The van der Waals surface area contributed by atoms with Gasteiger partial charge in [0.15, 0.2) is 5.60 Å². The Morgan fingerprint density at radius 3 is 2.65 bits per heavy atom. The molecule has 92 valence electrons. The lowest BCUT2D eigenvalue weighted by Crippen LogP contribution is -2.46. The summed E-state index contributed by atoms with van der Waals surface area (Å²) < 4.78 is 0.728. The van der Waals surface area contributed by atoms with Crippen LogP contribution >= 0.6 is 15.9 Å². The van der Waals surface area contributed by atoms with Crippen molar-refractivity contribution in [2.75, 3.05) is 6.54 Å². The first-order valence-corrected chi connectivity index (χ1v) is 5.48. The van der Waals surface area contributed by atoms with Gasteiger partial charge in [-0.3, -0.25) is 4.79 Å². The monoisotopic (exact) mass is 302 g/mol. The van der Waals surface area contributed by atoms with Crippen LogP contribution in [0, 0.1) is 0 Å². The molecule has 7 heteroatoms. The van der Waals surface area contributed by atoms with Crippen molar-refractivity contribution in [1.29, 1.82) is 0 Å². The molecule has 0 aromatic carbocycles. The summed E-state index contributed by atoms with van der Waals surface area (Å²) in [4.78, 5) is 26.0. The number of hydrogen-bond acceptors (Lipinski definition) is 4. The van der Waals surface area contributed by atoms with Crippen LogP contribution in [0.1, 0.15) is 17.4 Å². The van der Waals surface area contributed by atoms with Crippen LogP contribution in [-0.2, 0) is 4.79 Å². The molecule has 0 aliphatic heterocycles. The van der Waals surface area contributed by atoms with Gasteiger partial charge in [-0.25, -0.2) is 9.78 Å². The number of pyridine rings is 1. The first-order valence-electron chi connectivity index (χ1n) is 4.68. The highest BCUT2D eigenvalue weighted by atomic mass is 79.9. The lowest BCUT2D eigenvalue weighted by molar-refractivity contribution is -0.155. The van der Waals surface area contributed by atoms with Gasteiger partial charge in [-0.1, -0.05) is 0 Å². The third-order valence-electron chi connectivity index (χ3n) is 2.01. The lowest BCUT2D eigenvalue weighted by atomic mass is 10.1. The van der Waals surface area contributed by atoms with Gasteiger partial charge in [0.05, 0.1) is 6.54 Å². The molecule has 0 saturated carbocycles. The summed E-state index contributed by atoms with van der Waals surface area (Å²) >= 11 is 3.17. The van der Waals surface area contributed by atoms with E-state index in [0.29, 0.717) is 0 Å². The topological polar surface area (TPSA) is 99.5 Å². The van der Waals surface area contributed by atoms with E-state index in [1.807, 2.05) is 0 Å². The number of nitrogens with one attached hydrogen (secondary N) is 1. The van der Waals surface area contributed by atoms with E-state index in [4.69, 9.17) is 5.11 Å². The number of aliphatic carboxylic acids is 1. The maximum atomic E-state index is 11.5. The Morgan fingerprint density at radius 2 is 2.18 bits per heavy atom. The molecule has 0 aliphatic rings. The first kappa shape index (κ1) is 13.6. The van der Waals surface area contributed by atoms with Gasteiger partial charge in [0.1, 0.15) is 5.69 Å². The average molecular weight is 303 g/mol. The third-order valence-corrected chi connectivity index (χ3v) is 2.48. The van der Waals surface area contributed by atoms with Crippen LogP contribution in [0.25, 0.3) is 0 Å². The van der Waals surface area contributed by atoms with Crippen molar-refractivity contribution in [3.8, 4) is 0 Å². The zero-order valence-electron chi connectivity index (χ0n) is 8.98. The molecular weight excluding hydrogens is 292 g/mol. The van der Waals surface area contributed by atoms with Crippen molar-refractivity contribution in [3.63, 3.8) is 0 Å². The van der Waals surface area contributed by atoms with E-state index in [0.717, 1.165) is 11.4 Å². The average Bonchev–Trinajstić information content (AvgIpc) is 2.27. The predicted molar refractivity (Wildman–Crippen MR) is 62.5 cm³/mol. The molecule has 1 amide bonds. The number of nitrogens with zero attached hydrogens (tertiary/aromatic N) is 1. The van der Waals surface area contributed by atoms with E-state index in [2.05, 4.69) is 26.2 Å². The maximum absolute atomic E-state index is 11.5. The second kappa shape index (κ2) is 5.24. The molecule has 0 aliphatic carbocycles. The summed E-state index contributed by atoms with van der Waals surface area (Å²) in [5, 5.41) is 20.3. The van der Waals surface area contributed by atoms with Crippen molar-refractivity contribution in [1.82, 2.24) is 10.3 Å². The summed E-state index contributed by atoms with van der Waals surface area (Å²) in [6, 6.07) is 3.12. The molecule has 1 rings (SSSR count). The van der Waals surface area contributed by atoms with Crippen LogP contribution < -0.4 is 5.32 Å². The Bertz CT molecular complexity index is 430. The summed E-state index contributed by atoms with van der Waals surface area (Å²) in [5.41, 5.74) is -1.85. The molecule has 0 saturated heterocycles. The van der Waals surface area contributed by atoms with E-state index >= 15 is 0 Å². The Balaban J connectivity index is 2.62. The number of amides is 1. The number of aliphatic hydroxyl groups is 1. The van der Waals surface area contributed by atoms with Crippen molar-refractivity contribution in [2.24, 2.45) is 0 Å². The summed E-state index contributed by atoms with van der Waals surface area (Å²) in [7, 11) is 0. The van der Waals surface area contributed by atoms with E-state index in [1.165, 1.54) is 12.3 Å². The normalized spacial score (nSPS) is 13.8. The number of aromatic nitrogens is 1. The first-order chi connectivity index (χ1) is 7.83. The Hall–Kier alpha value is -1.47. The van der Waals surface area contributed by atoms with Crippen LogP contribution in [0.4, 0.5) is 0 Å². The summed E-state index contributed by atoms with van der Waals surface area (Å²) in [5.74, 6) is -1.94. The molecule has 1 unspecified atom stereocenters. The Labute approximate surface area is 106 Å². The van der Waals surface area contributed by atoms with Crippen LogP contribution in [-0.4, -0.2) is 39.2 Å². The highest BCUT2D eigenvalue weighted by molar-refractivity contribution is 9.10. The number of carboxylic acid groups (broad SMARTS) is 1. The van der Waals surface area contributed by atoms with Crippen LogP contribution in [0.15, 0.2) is 22.8 Å². The van der Waals surface area contributed by atoms with E-state index in [9.17, 15) is 14.7 Å². The van der Waals surface area contributed by atoms with Gasteiger partial charge in [-0.15, -0.1) is 0 Å². The van der Waals surface area contributed by atoms with Crippen LogP contribution in [0.2, 0.25) is 0 Å². The highest BCUT2D eigenvalue weighted by Crippen LogP contribution is 2.07. The number of halogens is 1. The zero-order chi connectivity index (χ0) is 13.1. The minimum atomic E-state index is -2.00. The molecule has 17 heavy (non-hydrogen) atoms. The summed E-state index contributed by atoms with van der Waals surface area (Å²) in [6.07, 6.45) is 1.45. The smallest absolute Gasteiger partial charge is 0.337 e. The molecule has 0 radical (unpaired) electrons. The lowest BCUT2D eigenvalue weighted by Gasteiger charge is -2.17. The van der Waals surface area contributed by atoms with Gasteiger partial charge in [0.25, 0.3) is 5.91 Å². The van der Waals surface area contributed by atoms with Gasteiger partial charge in [-0.2, -0.15) is 0 Å². The molecule has 0 bridgehead atoms. The van der Waals surface area contributed by atoms with Gasteiger partial charge in [-0.05, 0) is 35.0 Å². The van der Waals surface area contributed by atoms with Gasteiger partial charge in [0, 0.05) is 10.7 Å². The molecule has 1 aromatic rings. The van der Waals surface area contributed by atoms with E-state index in [1.54, 1.807) is 6.07 Å². The molecule has 0 spiro atoms. The molecule has 0 fully saturated rings. The maximum Gasteiger partial charge on any atom is 0.337 e. The number of rotatable bonds is 4. The third kappa shape index (κ3) is 3.79. The largest absolute Gasteiger partial charge is 0.479 e. The molecule has 6 nitrogen and oxygen atoms in total. The van der Waals surface area contributed by atoms with Gasteiger partial charge >= 0.3 is 5.97 Å². The minimum absolute atomic E-state index is 0.148. The molecule has 1 aromatic heterocycles. The van der Waals surface area contributed by atoms with Crippen molar-refractivity contribution < 1.29 is 19.8 Å². The standard InChI is InChI=1S/C10H11BrN2O4/c1-10(17,9(15)16)5-13-8(14)7-3-2-6(11)4-12-7/h2-4,17H,5H2,1H3,(H,13,14)(H,15,16). The van der Waals surface area contributed by atoms with Crippen molar-refractivity contribution >= 4 is 27.8 Å². The van der Waals surface area contributed by atoms with Gasteiger partial charge < -0.3 is 15.5 Å². The molecular formula is C10H11BrN2O4. The fourth-order valence-electron chi connectivity index (χ4n) is 0.929. The van der Waals surface area contributed by atoms with Crippen molar-refractivity contribution in [2.45, 2.75) is 12.5 Å². The number of hydrogen-bond donors (Lipinski definition) is 3. The van der Waals surface area contributed by atoms with Crippen LogP contribution in [0.3, 0.4) is 0 Å². The second-order valence-corrected chi connectivity index (χ2v) is 4.54. The van der Waals surface area contributed by atoms with Crippen LogP contribution in [0.5, 0.6) is 0 Å². The quantitative estimate of drug-likeness (QED) is 0.748. The fourth-order valence-corrected chi connectivity index (χ4v) is 1.16. The minimum Gasteiger partial charge on any atom is -0.479 e. The fraction of sp³-hybridized carbons (Fsp3) is 0.300. The molecule has 3 N–H and O–H groups in total. The summed E-state index contributed by atoms with van der Waals surface area (Å²) in [6.45, 7) is 0.712. The van der Waals surface area contributed by atoms with Crippen molar-refractivity contribution in [3.05, 3.63) is 28.5 Å². The number of carboxylic acids is 1. The Kier molecular flexibility index (Phi) is 4.19. The van der Waals surface area contributed by atoms with Gasteiger partial charge in [0.2, 0.25) is 0 Å². The molecule has 1 heterocycles. The predicted octanol–water partition coefficient (Wildman–Crippen LogP) is 0.410. The Morgan fingerprint density at radius 1 is 1.53 bits per heavy atom. The highest BCUT2D eigenvalue weighted by Gasteiger charge is 2.30. The molecule has 1 atom stereocenters. The second-order valence-electron chi connectivity index (χ2n) is 3.62. The number of carbonyl (C=O) groups excluding carboxylic acids is 1. The number of carbonyl (C=O) groups is 2. The van der Waals surface area contributed by atoms with E-state index in [-0.39, 0.29) is 12.2 Å². The van der Waals surface area contributed by atoms with E-state index < -0.39 is 17.5 Å². The zero-order valence-corrected chi connectivity index (χ0v) is 10.6.